The highest BCUT2D eigenvalue weighted by Crippen LogP contribution is 2.29. The second kappa shape index (κ2) is 7.77. The molecular weight excluding hydrogens is 310 g/mol. The van der Waals surface area contributed by atoms with Gasteiger partial charge in [-0.05, 0) is 49.1 Å². The SMILES string of the molecule is O=C(CC1CCCC1)NC1CCN(Cc2cccc3c2NCC3)CC1. The highest BCUT2D eigenvalue weighted by atomic mass is 16.1. The summed E-state index contributed by atoms with van der Waals surface area (Å²) in [5, 5.41) is 6.84. The largest absolute Gasteiger partial charge is 0.384 e. The quantitative estimate of drug-likeness (QED) is 0.863. The van der Waals surface area contributed by atoms with Crippen molar-refractivity contribution in [1.82, 2.24) is 10.2 Å². The van der Waals surface area contributed by atoms with Gasteiger partial charge in [0.05, 0.1) is 0 Å². The first kappa shape index (κ1) is 16.9. The van der Waals surface area contributed by atoms with Gasteiger partial charge in [-0.15, -0.1) is 0 Å². The van der Waals surface area contributed by atoms with Crippen molar-refractivity contribution >= 4 is 11.6 Å². The molecule has 3 aliphatic rings. The Morgan fingerprint density at radius 3 is 2.76 bits per heavy atom. The van der Waals surface area contributed by atoms with E-state index < -0.39 is 0 Å². The van der Waals surface area contributed by atoms with E-state index in [4.69, 9.17) is 0 Å². The Balaban J connectivity index is 1.23. The highest BCUT2D eigenvalue weighted by Gasteiger charge is 2.24. The van der Waals surface area contributed by atoms with Gasteiger partial charge in [-0.25, -0.2) is 0 Å². The first-order chi connectivity index (χ1) is 12.3. The van der Waals surface area contributed by atoms with Gasteiger partial charge in [-0.3, -0.25) is 9.69 Å². The number of hydrogen-bond donors (Lipinski definition) is 2. The number of benzene rings is 1. The van der Waals surface area contributed by atoms with Crippen LogP contribution in [0.4, 0.5) is 5.69 Å². The molecule has 1 aromatic carbocycles. The lowest BCUT2D eigenvalue weighted by atomic mass is 10.0. The van der Waals surface area contributed by atoms with Crippen molar-refractivity contribution in [2.24, 2.45) is 5.92 Å². The number of rotatable bonds is 5. The zero-order valence-corrected chi connectivity index (χ0v) is 15.2. The second-order valence-electron chi connectivity index (χ2n) is 8.10. The summed E-state index contributed by atoms with van der Waals surface area (Å²) in [6.07, 6.45) is 9.20. The number of carbonyl (C=O) groups is 1. The van der Waals surface area contributed by atoms with Crippen LogP contribution in [0.1, 0.15) is 56.1 Å². The average Bonchev–Trinajstić information content (AvgIpc) is 3.28. The first-order valence-corrected chi connectivity index (χ1v) is 10.1. The number of anilines is 1. The minimum atomic E-state index is 0.287. The number of amides is 1. The molecule has 0 radical (unpaired) electrons. The molecule has 1 amide bonds. The Bertz CT molecular complexity index is 601. The Kier molecular flexibility index (Phi) is 5.25. The molecule has 1 aromatic rings. The smallest absolute Gasteiger partial charge is 0.220 e. The molecule has 0 unspecified atom stereocenters. The molecule has 0 aromatic heterocycles. The topological polar surface area (TPSA) is 44.4 Å². The van der Waals surface area contributed by atoms with Gasteiger partial charge in [-0.1, -0.05) is 31.0 Å². The van der Waals surface area contributed by atoms with E-state index in [2.05, 4.69) is 33.7 Å². The number of nitrogens with one attached hydrogen (secondary N) is 2. The molecule has 1 aliphatic carbocycles. The molecule has 1 saturated heterocycles. The summed E-state index contributed by atoms with van der Waals surface area (Å²) in [6.45, 7) is 4.26. The van der Waals surface area contributed by atoms with E-state index in [-0.39, 0.29) is 5.91 Å². The van der Waals surface area contributed by atoms with Crippen LogP contribution >= 0.6 is 0 Å². The predicted octanol–water partition coefficient (Wildman–Crippen LogP) is 3.32. The fraction of sp³-hybridized carbons (Fsp3) is 0.667. The van der Waals surface area contributed by atoms with Gasteiger partial charge in [0.25, 0.3) is 0 Å². The molecular formula is C21H31N3O. The van der Waals surface area contributed by atoms with Crippen LogP contribution < -0.4 is 10.6 Å². The monoisotopic (exact) mass is 341 g/mol. The molecule has 4 rings (SSSR count). The van der Waals surface area contributed by atoms with E-state index in [9.17, 15) is 4.79 Å². The molecule has 0 spiro atoms. The maximum atomic E-state index is 12.2. The van der Waals surface area contributed by atoms with E-state index in [1.165, 1.54) is 42.5 Å². The maximum absolute atomic E-state index is 12.2. The van der Waals surface area contributed by atoms with Crippen LogP contribution in [-0.2, 0) is 17.8 Å². The number of para-hydroxylation sites is 1. The Morgan fingerprint density at radius 2 is 1.96 bits per heavy atom. The van der Waals surface area contributed by atoms with Gasteiger partial charge in [0.15, 0.2) is 0 Å². The van der Waals surface area contributed by atoms with Crippen LogP contribution in [0.3, 0.4) is 0 Å². The standard InChI is InChI=1S/C21H31N3O/c25-20(14-16-4-1-2-5-16)23-19-9-12-24(13-10-19)15-18-7-3-6-17-8-11-22-21(17)18/h3,6-7,16,19,22H,1-2,4-5,8-15H2,(H,23,25). The van der Waals surface area contributed by atoms with Crippen LogP contribution in [-0.4, -0.2) is 36.5 Å². The molecule has 0 atom stereocenters. The molecule has 2 fully saturated rings. The molecule has 136 valence electrons. The number of piperidine rings is 1. The molecule has 2 aliphatic heterocycles. The molecule has 4 nitrogen and oxygen atoms in total. The minimum Gasteiger partial charge on any atom is -0.384 e. The van der Waals surface area contributed by atoms with E-state index in [1.54, 1.807) is 0 Å². The van der Waals surface area contributed by atoms with Crippen LogP contribution in [0.2, 0.25) is 0 Å². The van der Waals surface area contributed by atoms with E-state index in [1.807, 2.05) is 0 Å². The maximum Gasteiger partial charge on any atom is 0.220 e. The zero-order valence-electron chi connectivity index (χ0n) is 15.2. The number of hydrogen-bond acceptors (Lipinski definition) is 3. The van der Waals surface area contributed by atoms with Crippen molar-refractivity contribution < 1.29 is 4.79 Å². The second-order valence-corrected chi connectivity index (χ2v) is 8.10. The van der Waals surface area contributed by atoms with Crippen LogP contribution in [0.5, 0.6) is 0 Å². The summed E-state index contributed by atoms with van der Waals surface area (Å²) in [5.41, 5.74) is 4.26. The van der Waals surface area contributed by atoms with Gasteiger partial charge in [-0.2, -0.15) is 0 Å². The fourth-order valence-electron chi connectivity index (χ4n) is 4.78. The summed E-state index contributed by atoms with van der Waals surface area (Å²) in [5.74, 6) is 0.934. The van der Waals surface area contributed by atoms with Crippen molar-refractivity contribution in [3.05, 3.63) is 29.3 Å². The highest BCUT2D eigenvalue weighted by molar-refractivity contribution is 5.76. The van der Waals surface area contributed by atoms with E-state index in [0.29, 0.717) is 12.0 Å². The van der Waals surface area contributed by atoms with E-state index in [0.717, 1.165) is 51.9 Å². The van der Waals surface area contributed by atoms with E-state index >= 15 is 0 Å². The lowest BCUT2D eigenvalue weighted by Crippen LogP contribution is -2.44. The van der Waals surface area contributed by atoms with Gasteiger partial charge < -0.3 is 10.6 Å². The molecule has 2 N–H and O–H groups in total. The number of fused-ring (bicyclic) bond motifs is 1. The Hall–Kier alpha value is -1.55. The first-order valence-electron chi connectivity index (χ1n) is 10.1. The number of carbonyl (C=O) groups excluding carboxylic acids is 1. The summed E-state index contributed by atoms with van der Waals surface area (Å²) in [4.78, 5) is 14.8. The van der Waals surface area contributed by atoms with Gasteiger partial charge in [0, 0.05) is 44.3 Å². The summed E-state index contributed by atoms with van der Waals surface area (Å²) < 4.78 is 0. The van der Waals surface area contributed by atoms with Crippen molar-refractivity contribution in [1.29, 1.82) is 0 Å². The third-order valence-corrected chi connectivity index (χ3v) is 6.23. The normalized spacial score (nSPS) is 21.9. The fourth-order valence-corrected chi connectivity index (χ4v) is 4.78. The third kappa shape index (κ3) is 4.17. The molecule has 0 bridgehead atoms. The summed E-state index contributed by atoms with van der Waals surface area (Å²) in [7, 11) is 0. The summed E-state index contributed by atoms with van der Waals surface area (Å²) >= 11 is 0. The van der Waals surface area contributed by atoms with Crippen molar-refractivity contribution in [3.8, 4) is 0 Å². The Morgan fingerprint density at radius 1 is 1.16 bits per heavy atom. The number of likely N-dealkylation sites (tertiary alicyclic amines) is 1. The molecule has 2 heterocycles. The van der Waals surface area contributed by atoms with Gasteiger partial charge in [0.2, 0.25) is 5.91 Å². The average molecular weight is 341 g/mol. The van der Waals surface area contributed by atoms with Crippen LogP contribution in [0.15, 0.2) is 18.2 Å². The van der Waals surface area contributed by atoms with Crippen LogP contribution in [0.25, 0.3) is 0 Å². The minimum absolute atomic E-state index is 0.287. The zero-order chi connectivity index (χ0) is 17.1. The van der Waals surface area contributed by atoms with Crippen molar-refractivity contribution in [2.45, 2.75) is 64.0 Å². The predicted molar refractivity (Wildman–Crippen MR) is 102 cm³/mol. The Labute approximate surface area is 151 Å². The molecule has 4 heteroatoms. The lowest BCUT2D eigenvalue weighted by molar-refractivity contribution is -0.123. The molecule has 1 saturated carbocycles. The van der Waals surface area contributed by atoms with Crippen LogP contribution in [0, 0.1) is 5.92 Å². The van der Waals surface area contributed by atoms with Gasteiger partial charge >= 0.3 is 0 Å². The summed E-state index contributed by atoms with van der Waals surface area (Å²) in [6, 6.07) is 7.07. The third-order valence-electron chi connectivity index (χ3n) is 6.23. The number of nitrogens with zero attached hydrogens (tertiary/aromatic N) is 1. The van der Waals surface area contributed by atoms with Crippen molar-refractivity contribution in [2.75, 3.05) is 25.0 Å². The van der Waals surface area contributed by atoms with Crippen molar-refractivity contribution in [3.63, 3.8) is 0 Å². The lowest BCUT2D eigenvalue weighted by Gasteiger charge is -2.33. The molecule has 25 heavy (non-hydrogen) atoms. The van der Waals surface area contributed by atoms with Gasteiger partial charge in [0.1, 0.15) is 0 Å².